The molecule has 12 heavy (non-hydrogen) atoms. The highest BCUT2D eigenvalue weighted by molar-refractivity contribution is 4.98. The van der Waals surface area contributed by atoms with E-state index in [0.717, 1.165) is 25.7 Å². The Labute approximate surface area is 74.5 Å². The van der Waals surface area contributed by atoms with Crippen LogP contribution in [-0.4, -0.2) is 12.2 Å². The molecule has 0 saturated heterocycles. The van der Waals surface area contributed by atoms with Crippen molar-refractivity contribution in [1.82, 2.24) is 0 Å². The van der Waals surface area contributed by atoms with Crippen LogP contribution in [0.4, 0.5) is 4.39 Å². The summed E-state index contributed by atoms with van der Waals surface area (Å²) in [6, 6.07) is 0. The molecule has 1 rings (SSSR count). The molecule has 2 unspecified atom stereocenters. The standard InChI is InChI=1S/C10H20FN/c1-3-4-8(2)10(11,7-12)9-5-6-9/h8-9H,3-7,12H2,1-2H3. The van der Waals surface area contributed by atoms with Crippen LogP contribution in [-0.2, 0) is 0 Å². The summed E-state index contributed by atoms with van der Waals surface area (Å²) in [5, 5.41) is 0. The van der Waals surface area contributed by atoms with Crippen molar-refractivity contribution < 1.29 is 4.39 Å². The Kier molecular flexibility index (Phi) is 3.10. The fourth-order valence-corrected chi connectivity index (χ4v) is 2.01. The Morgan fingerprint density at radius 3 is 2.50 bits per heavy atom. The summed E-state index contributed by atoms with van der Waals surface area (Å²) in [6.45, 7) is 4.30. The van der Waals surface area contributed by atoms with E-state index in [9.17, 15) is 4.39 Å². The number of halogens is 1. The summed E-state index contributed by atoms with van der Waals surface area (Å²) < 4.78 is 14.2. The lowest BCUT2D eigenvalue weighted by Crippen LogP contribution is -2.41. The second-order valence-corrected chi connectivity index (χ2v) is 4.09. The minimum Gasteiger partial charge on any atom is -0.328 e. The van der Waals surface area contributed by atoms with Gasteiger partial charge in [0.2, 0.25) is 0 Å². The van der Waals surface area contributed by atoms with Crippen LogP contribution in [0.2, 0.25) is 0 Å². The number of nitrogens with two attached hydrogens (primary N) is 1. The summed E-state index contributed by atoms with van der Waals surface area (Å²) in [6.07, 6.45) is 4.10. The number of hydrogen-bond acceptors (Lipinski definition) is 1. The van der Waals surface area contributed by atoms with E-state index >= 15 is 0 Å². The molecule has 72 valence electrons. The molecule has 0 aromatic heterocycles. The molecular formula is C10H20FN. The van der Waals surface area contributed by atoms with E-state index < -0.39 is 5.67 Å². The van der Waals surface area contributed by atoms with Crippen molar-refractivity contribution in [2.24, 2.45) is 17.6 Å². The van der Waals surface area contributed by atoms with Gasteiger partial charge in [0.25, 0.3) is 0 Å². The molecule has 0 bridgehead atoms. The van der Waals surface area contributed by atoms with Crippen LogP contribution in [0.5, 0.6) is 0 Å². The van der Waals surface area contributed by atoms with Gasteiger partial charge in [-0.3, -0.25) is 0 Å². The van der Waals surface area contributed by atoms with Crippen LogP contribution in [0.3, 0.4) is 0 Å². The van der Waals surface area contributed by atoms with E-state index in [2.05, 4.69) is 6.92 Å². The number of rotatable bonds is 5. The van der Waals surface area contributed by atoms with Gasteiger partial charge in [0.15, 0.2) is 0 Å². The minimum atomic E-state index is -1.06. The number of hydrogen-bond donors (Lipinski definition) is 1. The van der Waals surface area contributed by atoms with Gasteiger partial charge in [-0.2, -0.15) is 0 Å². The van der Waals surface area contributed by atoms with Crippen molar-refractivity contribution >= 4 is 0 Å². The summed E-state index contributed by atoms with van der Waals surface area (Å²) >= 11 is 0. The Morgan fingerprint density at radius 2 is 2.17 bits per heavy atom. The van der Waals surface area contributed by atoms with Crippen LogP contribution in [0.1, 0.15) is 39.5 Å². The molecule has 0 spiro atoms. The highest BCUT2D eigenvalue weighted by Gasteiger charge is 2.47. The smallest absolute Gasteiger partial charge is 0.128 e. The molecule has 1 fully saturated rings. The fourth-order valence-electron chi connectivity index (χ4n) is 2.01. The van der Waals surface area contributed by atoms with Gasteiger partial charge in [0.1, 0.15) is 5.67 Å². The van der Waals surface area contributed by atoms with E-state index in [1.54, 1.807) is 0 Å². The molecule has 1 saturated carbocycles. The molecule has 0 heterocycles. The van der Waals surface area contributed by atoms with Gasteiger partial charge in [-0.05, 0) is 31.1 Å². The summed E-state index contributed by atoms with van der Waals surface area (Å²) in [7, 11) is 0. The van der Waals surface area contributed by atoms with E-state index in [-0.39, 0.29) is 18.4 Å². The molecule has 1 nitrogen and oxygen atoms in total. The van der Waals surface area contributed by atoms with Crippen LogP contribution in [0.25, 0.3) is 0 Å². The highest BCUT2D eigenvalue weighted by atomic mass is 19.1. The Morgan fingerprint density at radius 1 is 1.58 bits per heavy atom. The molecule has 0 aromatic carbocycles. The average molecular weight is 173 g/mol. The first-order valence-corrected chi connectivity index (χ1v) is 5.04. The molecule has 2 N–H and O–H groups in total. The predicted molar refractivity (Wildman–Crippen MR) is 49.7 cm³/mol. The SMILES string of the molecule is CCCC(C)C(F)(CN)C1CC1. The van der Waals surface area contributed by atoms with Crippen molar-refractivity contribution in [3.05, 3.63) is 0 Å². The summed E-state index contributed by atoms with van der Waals surface area (Å²) in [5.74, 6) is 0.407. The van der Waals surface area contributed by atoms with Gasteiger partial charge in [-0.25, -0.2) is 4.39 Å². The van der Waals surface area contributed by atoms with E-state index in [0.29, 0.717) is 0 Å². The Bertz CT molecular complexity index is 145. The van der Waals surface area contributed by atoms with Crippen molar-refractivity contribution in [3.63, 3.8) is 0 Å². The van der Waals surface area contributed by atoms with Gasteiger partial charge >= 0.3 is 0 Å². The molecule has 0 radical (unpaired) electrons. The van der Waals surface area contributed by atoms with E-state index in [1.807, 2.05) is 6.92 Å². The monoisotopic (exact) mass is 173 g/mol. The van der Waals surface area contributed by atoms with Gasteiger partial charge in [-0.1, -0.05) is 20.3 Å². The third kappa shape index (κ3) is 1.79. The van der Waals surface area contributed by atoms with Gasteiger partial charge in [0.05, 0.1) is 0 Å². The van der Waals surface area contributed by atoms with Crippen molar-refractivity contribution in [3.8, 4) is 0 Å². The maximum absolute atomic E-state index is 14.2. The van der Waals surface area contributed by atoms with Gasteiger partial charge < -0.3 is 5.73 Å². The highest BCUT2D eigenvalue weighted by Crippen LogP contribution is 2.46. The molecule has 1 aliphatic rings. The third-order valence-corrected chi connectivity index (χ3v) is 3.11. The first-order valence-electron chi connectivity index (χ1n) is 5.04. The Balaban J connectivity index is 2.51. The first-order chi connectivity index (χ1) is 5.65. The minimum absolute atomic E-state index is 0.139. The zero-order valence-electron chi connectivity index (χ0n) is 8.15. The largest absolute Gasteiger partial charge is 0.328 e. The molecule has 2 atom stereocenters. The van der Waals surface area contributed by atoms with Crippen LogP contribution in [0.15, 0.2) is 0 Å². The zero-order chi connectivity index (χ0) is 9.19. The van der Waals surface area contributed by atoms with Crippen molar-refractivity contribution in [1.29, 1.82) is 0 Å². The second-order valence-electron chi connectivity index (χ2n) is 4.09. The van der Waals surface area contributed by atoms with Gasteiger partial charge in [-0.15, -0.1) is 0 Å². The maximum Gasteiger partial charge on any atom is 0.128 e. The van der Waals surface area contributed by atoms with Gasteiger partial charge in [0, 0.05) is 6.54 Å². The fraction of sp³-hybridized carbons (Fsp3) is 1.00. The molecule has 2 heteroatoms. The average Bonchev–Trinajstić information content (AvgIpc) is 2.86. The molecular weight excluding hydrogens is 153 g/mol. The molecule has 1 aliphatic carbocycles. The lowest BCUT2D eigenvalue weighted by Gasteiger charge is -2.30. The quantitative estimate of drug-likeness (QED) is 0.679. The molecule has 0 aromatic rings. The predicted octanol–water partition coefficient (Wildman–Crippen LogP) is 2.50. The third-order valence-electron chi connectivity index (χ3n) is 3.11. The summed E-state index contributed by atoms with van der Waals surface area (Å²) in [5.41, 5.74) is 4.44. The summed E-state index contributed by atoms with van der Waals surface area (Å²) in [4.78, 5) is 0. The normalized spacial score (nSPS) is 25.0. The zero-order valence-corrected chi connectivity index (χ0v) is 8.15. The lowest BCUT2D eigenvalue weighted by atomic mass is 9.83. The maximum atomic E-state index is 14.2. The Hall–Kier alpha value is -0.110. The van der Waals surface area contributed by atoms with Crippen molar-refractivity contribution in [2.45, 2.75) is 45.2 Å². The molecule has 0 amide bonds. The topological polar surface area (TPSA) is 26.0 Å². The van der Waals surface area contributed by atoms with Crippen LogP contribution >= 0.6 is 0 Å². The second kappa shape index (κ2) is 3.73. The molecule has 0 aliphatic heterocycles. The number of alkyl halides is 1. The van der Waals surface area contributed by atoms with Crippen molar-refractivity contribution in [2.75, 3.05) is 6.54 Å². The van der Waals surface area contributed by atoms with E-state index in [4.69, 9.17) is 5.73 Å². The van der Waals surface area contributed by atoms with E-state index in [1.165, 1.54) is 0 Å². The van der Waals surface area contributed by atoms with Crippen LogP contribution < -0.4 is 5.73 Å². The van der Waals surface area contributed by atoms with Crippen LogP contribution in [0, 0.1) is 11.8 Å². The lowest BCUT2D eigenvalue weighted by molar-refractivity contribution is 0.0683. The first kappa shape index (κ1) is 9.97.